The Balaban J connectivity index is 1.57. The van der Waals surface area contributed by atoms with Crippen molar-refractivity contribution in [3.05, 3.63) is 87.1 Å². The van der Waals surface area contributed by atoms with E-state index in [1.807, 2.05) is 18.4 Å². The molecule has 0 N–H and O–H groups in total. The zero-order valence-corrected chi connectivity index (χ0v) is 15.0. The third kappa shape index (κ3) is 3.39. The standard InChI is InChI=1S/C21H13FO4S/c1-12-7-8-27-19(12)11-18-20(23)16-6-5-15(10-17(16)26-18)25-21(24)13-3-2-4-14(22)9-13/h2-11H,1H3/b18-11-. The second-order valence-corrected chi connectivity index (χ2v) is 6.91. The molecule has 134 valence electrons. The summed E-state index contributed by atoms with van der Waals surface area (Å²) < 4.78 is 24.2. The molecule has 0 atom stereocenters. The van der Waals surface area contributed by atoms with Crippen LogP contribution >= 0.6 is 11.3 Å². The number of rotatable bonds is 3. The number of ether oxygens (including phenoxy) is 2. The van der Waals surface area contributed by atoms with Gasteiger partial charge >= 0.3 is 5.97 Å². The highest BCUT2D eigenvalue weighted by Gasteiger charge is 2.28. The molecule has 1 aromatic heterocycles. The van der Waals surface area contributed by atoms with E-state index < -0.39 is 11.8 Å². The van der Waals surface area contributed by atoms with E-state index in [0.29, 0.717) is 11.3 Å². The molecule has 2 aromatic carbocycles. The second kappa shape index (κ2) is 6.81. The van der Waals surface area contributed by atoms with Gasteiger partial charge in [0.1, 0.15) is 17.3 Å². The first-order chi connectivity index (χ1) is 13.0. The molecule has 4 rings (SSSR count). The van der Waals surface area contributed by atoms with Crippen molar-refractivity contribution >= 4 is 29.2 Å². The fourth-order valence-corrected chi connectivity index (χ4v) is 3.51. The summed E-state index contributed by atoms with van der Waals surface area (Å²) in [6.07, 6.45) is 1.71. The zero-order valence-electron chi connectivity index (χ0n) is 14.2. The topological polar surface area (TPSA) is 52.6 Å². The van der Waals surface area contributed by atoms with Crippen LogP contribution in [0.2, 0.25) is 0 Å². The number of carbonyl (C=O) groups is 2. The van der Waals surface area contributed by atoms with Crippen molar-refractivity contribution in [1.29, 1.82) is 0 Å². The second-order valence-electron chi connectivity index (χ2n) is 5.97. The van der Waals surface area contributed by atoms with Gasteiger partial charge in [0.05, 0.1) is 11.1 Å². The molecule has 1 aliphatic heterocycles. The Morgan fingerprint density at radius 2 is 2.04 bits per heavy atom. The van der Waals surface area contributed by atoms with Gasteiger partial charge in [-0.3, -0.25) is 4.79 Å². The van der Waals surface area contributed by atoms with Crippen LogP contribution in [0.5, 0.6) is 11.5 Å². The van der Waals surface area contributed by atoms with Gasteiger partial charge in [0.15, 0.2) is 5.76 Å². The summed E-state index contributed by atoms with van der Waals surface area (Å²) in [5, 5.41) is 1.94. The van der Waals surface area contributed by atoms with E-state index in [-0.39, 0.29) is 22.9 Å². The van der Waals surface area contributed by atoms with Gasteiger partial charge in [-0.1, -0.05) is 6.07 Å². The third-order valence-electron chi connectivity index (χ3n) is 4.08. The summed E-state index contributed by atoms with van der Waals surface area (Å²) in [7, 11) is 0. The van der Waals surface area contributed by atoms with Crippen LogP contribution in [0.25, 0.3) is 6.08 Å². The van der Waals surface area contributed by atoms with Gasteiger partial charge in [0.2, 0.25) is 5.78 Å². The monoisotopic (exact) mass is 380 g/mol. The predicted octanol–water partition coefficient (Wildman–Crippen LogP) is 5.03. The molecule has 0 spiro atoms. The maximum atomic E-state index is 13.2. The van der Waals surface area contributed by atoms with Crippen LogP contribution in [0.15, 0.2) is 59.7 Å². The fourth-order valence-electron chi connectivity index (χ4n) is 2.66. The Hall–Kier alpha value is -3.25. The first kappa shape index (κ1) is 17.2. The smallest absolute Gasteiger partial charge is 0.343 e. The van der Waals surface area contributed by atoms with E-state index in [1.165, 1.54) is 41.7 Å². The Bertz CT molecular complexity index is 1100. The maximum absolute atomic E-state index is 13.2. The number of aryl methyl sites for hydroxylation is 1. The van der Waals surface area contributed by atoms with E-state index in [9.17, 15) is 14.0 Å². The number of Topliss-reactive ketones (excluding diaryl/α,β-unsaturated/α-hetero) is 1. The normalized spacial score (nSPS) is 14.1. The van der Waals surface area contributed by atoms with E-state index in [1.54, 1.807) is 12.1 Å². The van der Waals surface area contributed by atoms with E-state index in [4.69, 9.17) is 9.47 Å². The molecule has 0 radical (unpaired) electrons. The van der Waals surface area contributed by atoms with Crippen molar-refractivity contribution in [2.24, 2.45) is 0 Å². The van der Waals surface area contributed by atoms with Crippen LogP contribution < -0.4 is 9.47 Å². The molecule has 0 amide bonds. The van der Waals surface area contributed by atoms with E-state index in [2.05, 4.69) is 0 Å². The van der Waals surface area contributed by atoms with Crippen LogP contribution in [0.1, 0.15) is 31.2 Å². The summed E-state index contributed by atoms with van der Waals surface area (Å²) in [6, 6.07) is 11.7. The van der Waals surface area contributed by atoms with Crippen LogP contribution in [0.4, 0.5) is 4.39 Å². The van der Waals surface area contributed by atoms with Gasteiger partial charge in [-0.05, 0) is 54.3 Å². The van der Waals surface area contributed by atoms with Crippen LogP contribution in [-0.2, 0) is 0 Å². The number of hydrogen-bond donors (Lipinski definition) is 0. The molecule has 0 saturated heterocycles. The molecule has 1 aliphatic rings. The largest absolute Gasteiger partial charge is 0.452 e. The van der Waals surface area contributed by atoms with Crippen LogP contribution in [0.3, 0.4) is 0 Å². The lowest BCUT2D eigenvalue weighted by Crippen LogP contribution is -2.08. The van der Waals surface area contributed by atoms with Crippen molar-refractivity contribution in [3.63, 3.8) is 0 Å². The number of ketones is 1. The SMILES string of the molecule is Cc1ccsc1/C=C1\Oc2cc(OC(=O)c3cccc(F)c3)ccc2C1=O. The Morgan fingerprint density at radius 3 is 2.78 bits per heavy atom. The Morgan fingerprint density at radius 1 is 1.19 bits per heavy atom. The molecular formula is C21H13FO4S. The van der Waals surface area contributed by atoms with Crippen LogP contribution in [-0.4, -0.2) is 11.8 Å². The number of benzene rings is 2. The van der Waals surface area contributed by atoms with Gasteiger partial charge in [0, 0.05) is 17.0 Å². The molecule has 0 fully saturated rings. The highest BCUT2D eigenvalue weighted by atomic mass is 32.1. The molecule has 0 unspecified atom stereocenters. The molecule has 0 bridgehead atoms. The summed E-state index contributed by atoms with van der Waals surface area (Å²) in [6.45, 7) is 1.96. The minimum atomic E-state index is -0.691. The van der Waals surface area contributed by atoms with Gasteiger partial charge in [0.25, 0.3) is 0 Å². The lowest BCUT2D eigenvalue weighted by Gasteiger charge is -2.05. The number of thiophene rings is 1. The van der Waals surface area contributed by atoms with Crippen molar-refractivity contribution < 1.29 is 23.5 Å². The van der Waals surface area contributed by atoms with Gasteiger partial charge in [-0.15, -0.1) is 11.3 Å². The number of esters is 1. The summed E-state index contributed by atoms with van der Waals surface area (Å²) in [5.41, 5.74) is 1.56. The number of fused-ring (bicyclic) bond motifs is 1. The van der Waals surface area contributed by atoms with Crippen molar-refractivity contribution in [2.75, 3.05) is 0 Å². The molecule has 2 heterocycles. The molecule has 6 heteroatoms. The van der Waals surface area contributed by atoms with Gasteiger partial charge in [-0.25, -0.2) is 9.18 Å². The predicted molar refractivity (Wildman–Crippen MR) is 99.8 cm³/mol. The summed E-state index contributed by atoms with van der Waals surface area (Å²) in [4.78, 5) is 25.6. The minimum Gasteiger partial charge on any atom is -0.452 e. The number of carbonyl (C=O) groups excluding carboxylic acids is 2. The van der Waals surface area contributed by atoms with Gasteiger partial charge in [-0.2, -0.15) is 0 Å². The summed E-state index contributed by atoms with van der Waals surface area (Å²) in [5.74, 6) is -0.672. The quantitative estimate of drug-likeness (QED) is 0.363. The molecule has 0 aliphatic carbocycles. The Labute approximate surface area is 158 Å². The molecular weight excluding hydrogens is 367 g/mol. The highest BCUT2D eigenvalue weighted by Crippen LogP contribution is 2.35. The minimum absolute atomic E-state index is 0.0984. The van der Waals surface area contributed by atoms with Crippen molar-refractivity contribution in [3.8, 4) is 11.5 Å². The molecule has 4 nitrogen and oxygen atoms in total. The zero-order chi connectivity index (χ0) is 19.0. The number of hydrogen-bond acceptors (Lipinski definition) is 5. The van der Waals surface area contributed by atoms with E-state index >= 15 is 0 Å². The number of halogens is 1. The third-order valence-corrected chi connectivity index (χ3v) is 5.04. The molecule has 3 aromatic rings. The highest BCUT2D eigenvalue weighted by molar-refractivity contribution is 7.11. The Kier molecular flexibility index (Phi) is 4.33. The maximum Gasteiger partial charge on any atom is 0.343 e. The molecule has 0 saturated carbocycles. The first-order valence-corrected chi connectivity index (χ1v) is 8.99. The van der Waals surface area contributed by atoms with Crippen molar-refractivity contribution in [1.82, 2.24) is 0 Å². The summed E-state index contributed by atoms with van der Waals surface area (Å²) >= 11 is 1.52. The first-order valence-electron chi connectivity index (χ1n) is 8.11. The average Bonchev–Trinajstić information content (AvgIpc) is 3.18. The van der Waals surface area contributed by atoms with Crippen LogP contribution in [0, 0.1) is 12.7 Å². The van der Waals surface area contributed by atoms with E-state index in [0.717, 1.165) is 16.5 Å². The fraction of sp³-hybridized carbons (Fsp3) is 0.0476. The lowest BCUT2D eigenvalue weighted by atomic mass is 10.1. The van der Waals surface area contributed by atoms with Gasteiger partial charge < -0.3 is 9.47 Å². The average molecular weight is 380 g/mol. The lowest BCUT2D eigenvalue weighted by molar-refractivity contribution is 0.0734. The van der Waals surface area contributed by atoms with Crippen molar-refractivity contribution in [2.45, 2.75) is 6.92 Å². The number of allylic oxidation sites excluding steroid dienone is 1. The molecule has 27 heavy (non-hydrogen) atoms.